The number of hydrogen-bond donors (Lipinski definition) is 0. The molecule has 0 amide bonds. The number of halogens is 1. The lowest BCUT2D eigenvalue weighted by atomic mass is 10.2. The van der Waals surface area contributed by atoms with Crippen molar-refractivity contribution in [3.05, 3.63) is 59.1 Å². The van der Waals surface area contributed by atoms with E-state index in [9.17, 15) is 9.30 Å². The summed E-state index contributed by atoms with van der Waals surface area (Å²) in [6.45, 7) is 1.67. The maximum Gasteiger partial charge on any atom is 0.183 e. The molecular formula is C21H19BFN5O3S. The number of aromatic nitrogens is 3. The smallest absolute Gasteiger partial charge is 0.183 e. The molecule has 3 heterocycles. The Balaban J connectivity index is 1.62. The molecule has 0 N–H and O–H groups in total. The normalized spacial score (nSPS) is 11.4. The summed E-state index contributed by atoms with van der Waals surface area (Å²) in [5, 5.41) is 2.73. The Hall–Kier alpha value is -3.15. The van der Waals surface area contributed by atoms with Crippen LogP contribution in [0, 0.1) is 10.7 Å². The van der Waals surface area contributed by atoms with Crippen molar-refractivity contribution in [2.24, 2.45) is 12.2 Å². The fourth-order valence-electron chi connectivity index (χ4n) is 3.17. The molecule has 4 rings (SSSR count). The first-order chi connectivity index (χ1) is 15.5. The Morgan fingerprint density at radius 3 is 2.84 bits per heavy atom. The van der Waals surface area contributed by atoms with E-state index in [1.807, 2.05) is 17.7 Å². The molecule has 4 aromatic rings. The summed E-state index contributed by atoms with van der Waals surface area (Å²) in [7, 11) is 9.59. The number of benzene rings is 1. The number of pyridine rings is 1. The van der Waals surface area contributed by atoms with Crippen LogP contribution < -0.4 is 4.74 Å². The predicted octanol–water partition coefficient (Wildman–Crippen LogP) is 4.56. The number of nitroso groups, excluding NO2 is 1. The zero-order chi connectivity index (χ0) is 22.7. The number of hydrogen-bond acceptors (Lipinski definition) is 8. The van der Waals surface area contributed by atoms with Crippen LogP contribution in [0.2, 0.25) is 0 Å². The van der Waals surface area contributed by atoms with Crippen LogP contribution in [-0.2, 0) is 18.3 Å². The van der Waals surface area contributed by atoms with Crippen molar-refractivity contribution >= 4 is 35.2 Å². The quantitative estimate of drug-likeness (QED) is 0.274. The number of ether oxygens (including phenoxy) is 2. The minimum absolute atomic E-state index is 0.00164. The summed E-state index contributed by atoms with van der Waals surface area (Å²) < 4.78 is 27.8. The molecule has 0 fully saturated rings. The highest BCUT2D eigenvalue weighted by Gasteiger charge is 2.17. The number of thiophene rings is 1. The summed E-state index contributed by atoms with van der Waals surface area (Å²) in [4.78, 5) is 22.1. The van der Waals surface area contributed by atoms with Crippen LogP contribution >= 0.6 is 11.3 Å². The SMILES string of the molecule is [B]N(CCOC)Cc1cnc(-c2cc3nccc(Oc4ccc(N=O)cc4F)c3s2)n1C. The van der Waals surface area contributed by atoms with Crippen molar-refractivity contribution in [3.63, 3.8) is 0 Å². The Bertz CT molecular complexity index is 1260. The minimum atomic E-state index is -0.669. The molecule has 0 unspecified atom stereocenters. The fourth-order valence-corrected chi connectivity index (χ4v) is 4.27. The Kier molecular flexibility index (Phi) is 6.59. The van der Waals surface area contributed by atoms with E-state index in [0.717, 1.165) is 27.2 Å². The van der Waals surface area contributed by atoms with Crippen LogP contribution in [-0.4, -0.2) is 47.6 Å². The molecule has 0 aliphatic rings. The lowest BCUT2D eigenvalue weighted by Gasteiger charge is -2.16. The first-order valence-electron chi connectivity index (χ1n) is 9.69. The highest BCUT2D eigenvalue weighted by atomic mass is 32.1. The number of imidazole rings is 1. The van der Waals surface area contributed by atoms with Gasteiger partial charge in [-0.3, -0.25) is 4.98 Å². The molecule has 2 radical (unpaired) electrons. The topological polar surface area (TPSA) is 81.8 Å². The van der Waals surface area contributed by atoms with Gasteiger partial charge in [-0.25, -0.2) is 9.37 Å². The van der Waals surface area contributed by atoms with Crippen molar-refractivity contribution in [2.45, 2.75) is 6.54 Å². The van der Waals surface area contributed by atoms with E-state index in [1.54, 1.807) is 30.4 Å². The Labute approximate surface area is 189 Å². The second-order valence-corrected chi connectivity index (χ2v) is 8.09. The van der Waals surface area contributed by atoms with Crippen LogP contribution in [0.4, 0.5) is 10.1 Å². The molecule has 0 saturated carbocycles. The highest BCUT2D eigenvalue weighted by molar-refractivity contribution is 7.22. The molecule has 0 bridgehead atoms. The third kappa shape index (κ3) is 4.54. The third-order valence-corrected chi connectivity index (χ3v) is 6.00. The molecular weight excluding hydrogens is 432 g/mol. The van der Waals surface area contributed by atoms with Crippen molar-refractivity contribution in [1.82, 2.24) is 19.3 Å². The van der Waals surface area contributed by atoms with Crippen molar-refractivity contribution < 1.29 is 13.9 Å². The lowest BCUT2D eigenvalue weighted by Crippen LogP contribution is -2.25. The van der Waals surface area contributed by atoms with Crippen LogP contribution in [0.25, 0.3) is 20.9 Å². The van der Waals surface area contributed by atoms with Gasteiger partial charge in [0, 0.05) is 45.6 Å². The first-order valence-corrected chi connectivity index (χ1v) is 10.5. The molecule has 0 atom stereocenters. The molecule has 0 aliphatic heterocycles. The summed E-state index contributed by atoms with van der Waals surface area (Å²) in [6.07, 6.45) is 3.38. The molecule has 162 valence electrons. The van der Waals surface area contributed by atoms with Crippen LogP contribution in [0.3, 0.4) is 0 Å². The molecule has 11 heteroatoms. The van der Waals surface area contributed by atoms with Gasteiger partial charge in [0.15, 0.2) is 19.5 Å². The average molecular weight is 451 g/mol. The van der Waals surface area contributed by atoms with E-state index in [-0.39, 0.29) is 11.4 Å². The monoisotopic (exact) mass is 451 g/mol. The Morgan fingerprint density at radius 1 is 1.25 bits per heavy atom. The van der Waals surface area contributed by atoms with Crippen LogP contribution in [0.1, 0.15) is 5.69 Å². The van der Waals surface area contributed by atoms with Gasteiger partial charge in [-0.1, -0.05) is 0 Å². The van der Waals surface area contributed by atoms with Gasteiger partial charge in [0.2, 0.25) is 0 Å². The van der Waals surface area contributed by atoms with Gasteiger partial charge >= 0.3 is 0 Å². The maximum absolute atomic E-state index is 14.3. The summed E-state index contributed by atoms with van der Waals surface area (Å²) in [5.74, 6) is 0.552. The average Bonchev–Trinajstić information content (AvgIpc) is 3.37. The zero-order valence-electron chi connectivity index (χ0n) is 17.5. The minimum Gasteiger partial charge on any atom is -0.453 e. The van der Waals surface area contributed by atoms with Gasteiger partial charge in [0.25, 0.3) is 0 Å². The summed E-state index contributed by atoms with van der Waals surface area (Å²) >= 11 is 1.44. The zero-order valence-corrected chi connectivity index (χ0v) is 18.3. The fraction of sp³-hybridized carbons (Fsp3) is 0.238. The third-order valence-electron chi connectivity index (χ3n) is 4.87. The second kappa shape index (κ2) is 9.55. The van der Waals surface area contributed by atoms with Gasteiger partial charge in [-0.05, 0) is 23.4 Å². The molecule has 1 aromatic carbocycles. The maximum atomic E-state index is 14.3. The van der Waals surface area contributed by atoms with Crippen LogP contribution in [0.5, 0.6) is 11.5 Å². The highest BCUT2D eigenvalue weighted by Crippen LogP contribution is 2.39. The van der Waals surface area contributed by atoms with Crippen molar-refractivity contribution in [2.75, 3.05) is 20.3 Å². The van der Waals surface area contributed by atoms with Gasteiger partial charge < -0.3 is 18.9 Å². The van der Waals surface area contributed by atoms with E-state index in [4.69, 9.17) is 17.5 Å². The van der Waals surface area contributed by atoms with E-state index in [2.05, 4.69) is 15.1 Å². The molecule has 0 aliphatic carbocycles. The first kappa shape index (κ1) is 22.1. The second-order valence-electron chi connectivity index (χ2n) is 7.04. The van der Waals surface area contributed by atoms with E-state index in [0.29, 0.717) is 31.0 Å². The molecule has 0 saturated heterocycles. The van der Waals surface area contributed by atoms with E-state index < -0.39 is 5.82 Å². The van der Waals surface area contributed by atoms with Gasteiger partial charge in [0.1, 0.15) is 17.3 Å². The van der Waals surface area contributed by atoms with E-state index >= 15 is 0 Å². The standard InChI is InChI=1S/C21H19BFN5O3S/c1-27-14(12-28(22)7-8-30-2)11-25-21(27)19-10-16-20(32-19)18(5-6-24-16)31-17-4-3-13(26-29)9-15(17)23/h3-6,9-11H,7-8,12H2,1-2H3. The van der Waals surface area contributed by atoms with Crippen molar-refractivity contribution in [1.29, 1.82) is 0 Å². The molecule has 3 aromatic heterocycles. The number of nitrogens with zero attached hydrogens (tertiary/aromatic N) is 5. The van der Waals surface area contributed by atoms with Crippen molar-refractivity contribution in [3.8, 4) is 22.2 Å². The van der Waals surface area contributed by atoms with Crippen LogP contribution in [0.15, 0.2) is 47.9 Å². The summed E-state index contributed by atoms with van der Waals surface area (Å²) in [5.41, 5.74) is 1.66. The molecule has 8 nitrogen and oxygen atoms in total. The molecule has 32 heavy (non-hydrogen) atoms. The largest absolute Gasteiger partial charge is 0.453 e. The number of methoxy groups -OCH3 is 1. The van der Waals surface area contributed by atoms with Gasteiger partial charge in [0.05, 0.1) is 33.6 Å². The van der Waals surface area contributed by atoms with Gasteiger partial charge in [-0.15, -0.1) is 16.2 Å². The number of fused-ring (bicyclic) bond motifs is 1. The predicted molar refractivity (Wildman–Crippen MR) is 122 cm³/mol. The van der Waals surface area contributed by atoms with E-state index in [1.165, 1.54) is 23.5 Å². The molecule has 0 spiro atoms. The lowest BCUT2D eigenvalue weighted by molar-refractivity contribution is 0.178. The number of rotatable bonds is 9. The summed E-state index contributed by atoms with van der Waals surface area (Å²) in [6, 6.07) is 7.38. The van der Waals surface area contributed by atoms with Gasteiger partial charge in [-0.2, -0.15) is 0 Å². The Morgan fingerprint density at radius 2 is 2.09 bits per heavy atom.